The summed E-state index contributed by atoms with van der Waals surface area (Å²) in [5.41, 5.74) is 5.38. The van der Waals surface area contributed by atoms with E-state index in [1.165, 1.54) is 205 Å². The molecule has 8 nitrogen and oxygen atoms in total. The molecule has 0 spiro atoms. The topological polar surface area (TPSA) is 117 Å². The summed E-state index contributed by atoms with van der Waals surface area (Å²) in [6.45, 7) is 5.00. The van der Waals surface area contributed by atoms with Crippen LogP contribution in [0.5, 0.6) is 0 Å². The zero-order chi connectivity index (χ0) is 40.9. The molecule has 2 atom stereocenters. The molecule has 0 aliphatic heterocycles. The third kappa shape index (κ3) is 44.6. The maximum absolute atomic E-state index is 12.6. The molecular formula is C47H96NO7P. The van der Waals surface area contributed by atoms with E-state index in [1.54, 1.807) is 0 Å². The van der Waals surface area contributed by atoms with E-state index in [0.717, 1.165) is 32.1 Å². The highest BCUT2D eigenvalue weighted by Gasteiger charge is 2.25. The van der Waals surface area contributed by atoms with E-state index in [2.05, 4.69) is 13.8 Å². The molecule has 0 heterocycles. The smallest absolute Gasteiger partial charge is 0.457 e. The van der Waals surface area contributed by atoms with Crippen LogP contribution in [0.15, 0.2) is 0 Å². The summed E-state index contributed by atoms with van der Waals surface area (Å²) >= 11 is 0. The second-order valence-corrected chi connectivity index (χ2v) is 18.2. The lowest BCUT2D eigenvalue weighted by Crippen LogP contribution is -2.28. The summed E-state index contributed by atoms with van der Waals surface area (Å²) in [7, 11) is -4.27. The number of hydrogen-bond acceptors (Lipinski definition) is 7. The van der Waals surface area contributed by atoms with Crippen molar-refractivity contribution in [3.05, 3.63) is 0 Å². The summed E-state index contributed by atoms with van der Waals surface area (Å²) in [6, 6.07) is 0. The number of nitrogens with two attached hydrogens (primary N) is 1. The van der Waals surface area contributed by atoms with Gasteiger partial charge in [-0.05, 0) is 12.8 Å². The minimum Gasteiger partial charge on any atom is -0.457 e. The van der Waals surface area contributed by atoms with Gasteiger partial charge >= 0.3 is 13.8 Å². The zero-order valence-electron chi connectivity index (χ0n) is 37.4. The molecule has 3 N–H and O–H groups in total. The fourth-order valence-electron chi connectivity index (χ4n) is 7.41. The number of phosphoric acid groups is 1. The Morgan fingerprint density at radius 3 is 1.12 bits per heavy atom. The highest BCUT2D eigenvalue weighted by Crippen LogP contribution is 2.43. The quantitative estimate of drug-likeness (QED) is 0.0354. The van der Waals surface area contributed by atoms with Crippen LogP contribution in [0.1, 0.15) is 258 Å². The lowest BCUT2D eigenvalue weighted by Gasteiger charge is -2.20. The fraction of sp³-hybridized carbons (Fsp3) is 0.979. The first-order valence-electron chi connectivity index (χ1n) is 24.5. The standard InChI is InChI=1S/C47H96NO7P/c1-3-5-7-9-11-13-15-17-19-21-23-25-27-29-31-33-35-37-39-42-52-44-46(45-54-56(50,51)53-43-41-48)55-47(49)40-38-36-34-32-30-28-26-24-22-20-18-16-14-12-10-8-6-4-2/h46H,3-45,48H2,1-2H3,(H,50,51). The van der Waals surface area contributed by atoms with Crippen molar-refractivity contribution in [1.82, 2.24) is 0 Å². The maximum Gasteiger partial charge on any atom is 0.472 e. The monoisotopic (exact) mass is 818 g/mol. The molecule has 0 radical (unpaired) electrons. The van der Waals surface area contributed by atoms with Crippen LogP contribution in [-0.2, 0) is 27.9 Å². The Balaban J connectivity index is 3.90. The number of carbonyl (C=O) groups excluding carboxylic acids is 1. The van der Waals surface area contributed by atoms with Gasteiger partial charge in [0.05, 0.1) is 19.8 Å². The summed E-state index contributed by atoms with van der Waals surface area (Å²) in [4.78, 5) is 22.5. The van der Waals surface area contributed by atoms with Gasteiger partial charge in [0, 0.05) is 19.6 Å². The van der Waals surface area contributed by atoms with E-state index in [-0.39, 0.29) is 32.3 Å². The molecule has 0 aliphatic rings. The molecule has 0 aliphatic carbocycles. The minimum absolute atomic E-state index is 0.0898. The summed E-state index contributed by atoms with van der Waals surface area (Å²) in [6.07, 6.45) is 48.4. The van der Waals surface area contributed by atoms with Crippen LogP contribution >= 0.6 is 7.82 Å². The van der Waals surface area contributed by atoms with Crippen LogP contribution in [0.25, 0.3) is 0 Å². The molecule has 2 unspecified atom stereocenters. The van der Waals surface area contributed by atoms with Crippen molar-refractivity contribution in [1.29, 1.82) is 0 Å². The van der Waals surface area contributed by atoms with E-state index in [1.807, 2.05) is 0 Å². The van der Waals surface area contributed by atoms with E-state index in [4.69, 9.17) is 24.3 Å². The van der Waals surface area contributed by atoms with E-state index >= 15 is 0 Å². The van der Waals surface area contributed by atoms with Gasteiger partial charge in [-0.2, -0.15) is 0 Å². The number of esters is 1. The van der Waals surface area contributed by atoms with Crippen molar-refractivity contribution in [2.24, 2.45) is 5.73 Å². The Kier molecular flexibility index (Phi) is 45.2. The lowest BCUT2D eigenvalue weighted by molar-refractivity contribution is -0.154. The van der Waals surface area contributed by atoms with Crippen molar-refractivity contribution >= 4 is 13.8 Å². The zero-order valence-corrected chi connectivity index (χ0v) is 38.3. The fourth-order valence-corrected chi connectivity index (χ4v) is 8.18. The molecule has 0 aromatic carbocycles. The van der Waals surface area contributed by atoms with Crippen molar-refractivity contribution < 1.29 is 32.8 Å². The largest absolute Gasteiger partial charge is 0.472 e. The van der Waals surface area contributed by atoms with E-state index in [9.17, 15) is 14.3 Å². The third-order valence-electron chi connectivity index (χ3n) is 11.0. The van der Waals surface area contributed by atoms with Gasteiger partial charge in [0.2, 0.25) is 0 Å². The second kappa shape index (κ2) is 45.6. The van der Waals surface area contributed by atoms with Crippen molar-refractivity contribution in [3.8, 4) is 0 Å². The van der Waals surface area contributed by atoms with Crippen LogP contribution < -0.4 is 5.73 Å². The summed E-state index contributed by atoms with van der Waals surface area (Å²) < 4.78 is 33.6. The average Bonchev–Trinajstić information content (AvgIpc) is 3.19. The third-order valence-corrected chi connectivity index (χ3v) is 12.0. The molecule has 0 bridgehead atoms. The Labute approximate surface area is 348 Å². The number of ether oxygens (including phenoxy) is 2. The molecule has 0 saturated heterocycles. The molecule has 336 valence electrons. The van der Waals surface area contributed by atoms with Crippen molar-refractivity contribution in [2.75, 3.05) is 33.0 Å². The molecule has 0 rings (SSSR count). The lowest BCUT2D eigenvalue weighted by atomic mass is 10.0. The number of carbonyl (C=O) groups is 1. The molecular weight excluding hydrogens is 721 g/mol. The molecule has 0 saturated carbocycles. The molecule has 9 heteroatoms. The number of hydrogen-bond donors (Lipinski definition) is 2. The van der Waals surface area contributed by atoms with Gasteiger partial charge in [0.1, 0.15) is 6.10 Å². The van der Waals surface area contributed by atoms with Crippen LogP contribution in [0, 0.1) is 0 Å². The number of rotatable bonds is 48. The predicted octanol–water partition coefficient (Wildman–Crippen LogP) is 14.9. The van der Waals surface area contributed by atoms with Crippen LogP contribution in [0.2, 0.25) is 0 Å². The summed E-state index contributed by atoms with van der Waals surface area (Å²) in [5, 5.41) is 0. The van der Waals surface area contributed by atoms with Crippen molar-refractivity contribution in [3.63, 3.8) is 0 Å². The summed E-state index contributed by atoms with van der Waals surface area (Å²) in [5.74, 6) is -0.321. The maximum atomic E-state index is 12.6. The first-order chi connectivity index (χ1) is 27.4. The van der Waals surface area contributed by atoms with E-state index < -0.39 is 13.9 Å². The van der Waals surface area contributed by atoms with Gasteiger partial charge in [0.15, 0.2) is 0 Å². The van der Waals surface area contributed by atoms with Crippen LogP contribution in [0.4, 0.5) is 0 Å². The van der Waals surface area contributed by atoms with Gasteiger partial charge in [-0.1, -0.05) is 239 Å². The molecule has 56 heavy (non-hydrogen) atoms. The normalized spacial score (nSPS) is 13.3. The Hall–Kier alpha value is -0.500. The average molecular weight is 818 g/mol. The molecule has 0 amide bonds. The molecule has 0 aromatic heterocycles. The molecule has 0 fully saturated rings. The SMILES string of the molecule is CCCCCCCCCCCCCCCCCCCCCOCC(COP(=O)(O)OCCN)OC(=O)CCCCCCCCCCCCCCCCCCCC. The van der Waals surface area contributed by atoms with Gasteiger partial charge in [0.25, 0.3) is 0 Å². The van der Waals surface area contributed by atoms with Crippen molar-refractivity contribution in [2.45, 2.75) is 264 Å². The first kappa shape index (κ1) is 55.5. The van der Waals surface area contributed by atoms with Gasteiger partial charge in [-0.25, -0.2) is 4.57 Å². The Bertz CT molecular complexity index is 832. The predicted molar refractivity (Wildman–Crippen MR) is 238 cm³/mol. The van der Waals surface area contributed by atoms with Gasteiger partial charge < -0.3 is 20.1 Å². The second-order valence-electron chi connectivity index (χ2n) is 16.7. The molecule has 0 aromatic rings. The highest BCUT2D eigenvalue weighted by molar-refractivity contribution is 7.47. The number of phosphoric ester groups is 1. The Morgan fingerprint density at radius 1 is 0.464 bits per heavy atom. The van der Waals surface area contributed by atoms with Gasteiger partial charge in [-0.15, -0.1) is 0 Å². The first-order valence-corrected chi connectivity index (χ1v) is 26.0. The minimum atomic E-state index is -4.27. The van der Waals surface area contributed by atoms with Crippen LogP contribution in [0.3, 0.4) is 0 Å². The Morgan fingerprint density at radius 2 is 0.786 bits per heavy atom. The van der Waals surface area contributed by atoms with Crippen LogP contribution in [-0.4, -0.2) is 49.9 Å². The van der Waals surface area contributed by atoms with Gasteiger partial charge in [-0.3, -0.25) is 13.8 Å². The highest BCUT2D eigenvalue weighted by atomic mass is 31.2. The number of unbranched alkanes of at least 4 members (excludes halogenated alkanes) is 35. The van der Waals surface area contributed by atoms with E-state index in [0.29, 0.717) is 13.0 Å².